The first-order valence-corrected chi connectivity index (χ1v) is 5.70. The molecule has 0 heterocycles. The van der Waals surface area contributed by atoms with Gasteiger partial charge in [0.05, 0.1) is 6.61 Å². The zero-order valence-electron chi connectivity index (χ0n) is 9.95. The van der Waals surface area contributed by atoms with E-state index in [9.17, 15) is 4.79 Å². The Kier molecular flexibility index (Phi) is 4.83. The molecule has 0 fully saturated rings. The molecule has 0 saturated heterocycles. The molecule has 0 spiro atoms. The van der Waals surface area contributed by atoms with E-state index in [0.717, 1.165) is 23.2 Å². The Morgan fingerprint density at radius 1 is 1.38 bits per heavy atom. The fraction of sp³-hybridized carbons (Fsp3) is 0.462. The molecule has 1 rings (SSSR count). The summed E-state index contributed by atoms with van der Waals surface area (Å²) in [6.07, 6.45) is 2.06. The molecule has 0 atom stereocenters. The lowest BCUT2D eigenvalue weighted by Gasteiger charge is -2.06. The van der Waals surface area contributed by atoms with Crippen molar-refractivity contribution in [1.29, 1.82) is 0 Å². The van der Waals surface area contributed by atoms with E-state index in [-0.39, 0.29) is 5.97 Å². The number of benzene rings is 1. The highest BCUT2D eigenvalue weighted by Crippen LogP contribution is 2.16. The van der Waals surface area contributed by atoms with Gasteiger partial charge < -0.3 is 10.5 Å². The third-order valence-corrected chi connectivity index (χ3v) is 2.51. The Bertz CT molecular complexity index is 361. The van der Waals surface area contributed by atoms with Crippen LogP contribution in [0.4, 0.5) is 5.69 Å². The van der Waals surface area contributed by atoms with E-state index in [0.29, 0.717) is 19.4 Å². The quantitative estimate of drug-likeness (QED) is 0.613. The molecule has 1 aromatic carbocycles. The summed E-state index contributed by atoms with van der Waals surface area (Å²) in [5, 5.41) is 0. The molecule has 1 aromatic rings. The maximum absolute atomic E-state index is 11.2. The molecule has 0 bridgehead atoms. The van der Waals surface area contributed by atoms with E-state index in [1.54, 1.807) is 0 Å². The molecule has 0 aliphatic heterocycles. The van der Waals surface area contributed by atoms with Crippen molar-refractivity contribution in [1.82, 2.24) is 0 Å². The van der Waals surface area contributed by atoms with E-state index < -0.39 is 0 Å². The largest absolute Gasteiger partial charge is 0.466 e. The van der Waals surface area contributed by atoms with Crippen LogP contribution in [-0.4, -0.2) is 12.6 Å². The number of esters is 1. The van der Waals surface area contributed by atoms with Crippen LogP contribution in [0.5, 0.6) is 0 Å². The number of nitrogens with two attached hydrogens (primary N) is 1. The molecule has 0 radical (unpaired) electrons. The number of carbonyl (C=O) groups excluding carboxylic acids is 1. The molecule has 0 aromatic heterocycles. The van der Waals surface area contributed by atoms with Gasteiger partial charge in [-0.2, -0.15) is 0 Å². The summed E-state index contributed by atoms with van der Waals surface area (Å²) in [7, 11) is 0. The number of hydrogen-bond acceptors (Lipinski definition) is 3. The Balaban J connectivity index is 2.57. The molecule has 3 heteroatoms. The van der Waals surface area contributed by atoms with Crippen molar-refractivity contribution in [3.8, 4) is 0 Å². The minimum Gasteiger partial charge on any atom is -0.466 e. The number of hydrogen-bond donors (Lipinski definition) is 1. The van der Waals surface area contributed by atoms with E-state index in [4.69, 9.17) is 10.5 Å². The average Bonchev–Trinajstić information content (AvgIpc) is 2.28. The molecule has 0 aliphatic rings. The Morgan fingerprint density at radius 3 is 2.75 bits per heavy atom. The second-order valence-corrected chi connectivity index (χ2v) is 3.69. The first-order chi connectivity index (χ1) is 7.67. The van der Waals surface area contributed by atoms with E-state index in [2.05, 4.69) is 13.0 Å². The molecular weight excluding hydrogens is 202 g/mol. The summed E-state index contributed by atoms with van der Waals surface area (Å²) in [5.41, 5.74) is 8.91. The van der Waals surface area contributed by atoms with Gasteiger partial charge in [-0.25, -0.2) is 0 Å². The normalized spacial score (nSPS) is 10.1. The second-order valence-electron chi connectivity index (χ2n) is 3.69. The standard InChI is InChI=1S/C13H19NO2/c1-3-11-9-10(5-7-12(11)14)6-8-13(15)16-4-2/h5,7,9H,3-4,6,8,14H2,1-2H3. The summed E-state index contributed by atoms with van der Waals surface area (Å²) in [5.74, 6) is -0.141. The monoisotopic (exact) mass is 221 g/mol. The van der Waals surface area contributed by atoms with Crippen molar-refractivity contribution < 1.29 is 9.53 Å². The first kappa shape index (κ1) is 12.6. The number of rotatable bonds is 5. The van der Waals surface area contributed by atoms with Gasteiger partial charge in [0, 0.05) is 12.1 Å². The molecule has 16 heavy (non-hydrogen) atoms. The van der Waals surface area contributed by atoms with Crippen molar-refractivity contribution in [2.45, 2.75) is 33.1 Å². The van der Waals surface area contributed by atoms with Gasteiger partial charge in [0.2, 0.25) is 0 Å². The first-order valence-electron chi connectivity index (χ1n) is 5.70. The Hall–Kier alpha value is -1.51. The molecule has 0 unspecified atom stereocenters. The SMILES string of the molecule is CCOC(=O)CCc1ccc(N)c(CC)c1. The summed E-state index contributed by atoms with van der Waals surface area (Å²) in [6.45, 7) is 4.33. The van der Waals surface area contributed by atoms with E-state index in [1.165, 1.54) is 0 Å². The van der Waals surface area contributed by atoms with Crippen molar-refractivity contribution >= 4 is 11.7 Å². The average molecular weight is 221 g/mol. The van der Waals surface area contributed by atoms with E-state index >= 15 is 0 Å². The zero-order chi connectivity index (χ0) is 12.0. The fourth-order valence-corrected chi connectivity index (χ4v) is 1.60. The van der Waals surface area contributed by atoms with Gasteiger partial charge in [-0.15, -0.1) is 0 Å². The Labute approximate surface area is 96.6 Å². The van der Waals surface area contributed by atoms with Crippen LogP contribution in [0.3, 0.4) is 0 Å². The van der Waals surface area contributed by atoms with Crippen LogP contribution in [0.2, 0.25) is 0 Å². The second kappa shape index (κ2) is 6.16. The van der Waals surface area contributed by atoms with Gasteiger partial charge in [0.15, 0.2) is 0 Å². The van der Waals surface area contributed by atoms with Crippen molar-refractivity contribution in [2.75, 3.05) is 12.3 Å². The minimum atomic E-state index is -0.141. The van der Waals surface area contributed by atoms with E-state index in [1.807, 2.05) is 19.1 Å². The molecule has 3 nitrogen and oxygen atoms in total. The number of anilines is 1. The zero-order valence-corrected chi connectivity index (χ0v) is 9.95. The van der Waals surface area contributed by atoms with Crippen molar-refractivity contribution in [3.05, 3.63) is 29.3 Å². The topological polar surface area (TPSA) is 52.3 Å². The highest BCUT2D eigenvalue weighted by atomic mass is 16.5. The minimum absolute atomic E-state index is 0.141. The van der Waals surface area contributed by atoms with Crippen LogP contribution in [0.1, 0.15) is 31.4 Å². The van der Waals surface area contributed by atoms with Crippen LogP contribution in [0.15, 0.2) is 18.2 Å². The fourth-order valence-electron chi connectivity index (χ4n) is 1.60. The predicted molar refractivity (Wildman–Crippen MR) is 65.2 cm³/mol. The van der Waals surface area contributed by atoms with Gasteiger partial charge in [0.1, 0.15) is 0 Å². The summed E-state index contributed by atoms with van der Waals surface area (Å²) in [6, 6.07) is 5.93. The van der Waals surface area contributed by atoms with Gasteiger partial charge >= 0.3 is 5.97 Å². The lowest BCUT2D eigenvalue weighted by molar-refractivity contribution is -0.143. The molecule has 0 saturated carbocycles. The summed E-state index contributed by atoms with van der Waals surface area (Å²) < 4.78 is 4.88. The van der Waals surface area contributed by atoms with Crippen LogP contribution in [0, 0.1) is 0 Å². The van der Waals surface area contributed by atoms with Gasteiger partial charge in [-0.3, -0.25) is 4.79 Å². The predicted octanol–water partition coefficient (Wildman–Crippen LogP) is 2.33. The maximum Gasteiger partial charge on any atom is 0.306 e. The van der Waals surface area contributed by atoms with Crippen molar-refractivity contribution in [3.63, 3.8) is 0 Å². The number of nitrogen functional groups attached to an aromatic ring is 1. The van der Waals surface area contributed by atoms with Gasteiger partial charge in [-0.1, -0.05) is 19.1 Å². The molecule has 2 N–H and O–H groups in total. The van der Waals surface area contributed by atoms with Crippen LogP contribution in [0.25, 0.3) is 0 Å². The lowest BCUT2D eigenvalue weighted by Crippen LogP contribution is -2.05. The number of ether oxygens (including phenoxy) is 1. The number of carbonyl (C=O) groups is 1. The molecule has 88 valence electrons. The van der Waals surface area contributed by atoms with Crippen LogP contribution in [-0.2, 0) is 22.4 Å². The van der Waals surface area contributed by atoms with Gasteiger partial charge in [-0.05, 0) is 37.0 Å². The molecular formula is C13H19NO2. The van der Waals surface area contributed by atoms with Crippen LogP contribution >= 0.6 is 0 Å². The number of aryl methyl sites for hydroxylation is 2. The van der Waals surface area contributed by atoms with Gasteiger partial charge in [0.25, 0.3) is 0 Å². The maximum atomic E-state index is 11.2. The Morgan fingerprint density at radius 2 is 2.12 bits per heavy atom. The van der Waals surface area contributed by atoms with Crippen LogP contribution < -0.4 is 5.73 Å². The molecule has 0 amide bonds. The highest BCUT2D eigenvalue weighted by Gasteiger charge is 2.04. The third kappa shape index (κ3) is 3.57. The smallest absolute Gasteiger partial charge is 0.306 e. The summed E-state index contributed by atoms with van der Waals surface area (Å²) >= 11 is 0. The highest BCUT2D eigenvalue weighted by molar-refractivity contribution is 5.69. The third-order valence-electron chi connectivity index (χ3n) is 2.51. The molecule has 0 aliphatic carbocycles. The van der Waals surface area contributed by atoms with Crippen molar-refractivity contribution in [2.24, 2.45) is 0 Å². The summed E-state index contributed by atoms with van der Waals surface area (Å²) in [4.78, 5) is 11.2. The lowest BCUT2D eigenvalue weighted by atomic mass is 10.0.